The molecule has 0 bridgehead atoms. The first-order valence-corrected chi connectivity index (χ1v) is 10.6. The summed E-state index contributed by atoms with van der Waals surface area (Å²) in [5.74, 6) is 0.815. The summed E-state index contributed by atoms with van der Waals surface area (Å²) in [5, 5.41) is 0.537. The lowest BCUT2D eigenvalue weighted by molar-refractivity contribution is 0.354. The molecule has 0 aromatic heterocycles. The SMILES string of the molecule is COc1ccc(S(=O)(=O)N2CN(c3ccccc3)c3cc(Cl)ccc32)cc1OC. The first-order valence-electron chi connectivity index (χ1n) is 8.82. The number of hydrogen-bond donors (Lipinski definition) is 0. The van der Waals surface area contributed by atoms with Crippen molar-refractivity contribution in [3.05, 3.63) is 71.8 Å². The number of halogens is 1. The van der Waals surface area contributed by atoms with E-state index in [9.17, 15) is 8.42 Å². The number of anilines is 3. The maximum atomic E-state index is 13.5. The maximum absolute atomic E-state index is 13.5. The molecule has 0 radical (unpaired) electrons. The molecule has 1 aliphatic heterocycles. The number of methoxy groups -OCH3 is 2. The average molecular weight is 431 g/mol. The quantitative estimate of drug-likeness (QED) is 0.589. The third-order valence-electron chi connectivity index (χ3n) is 4.78. The fraction of sp³-hybridized carbons (Fsp3) is 0.143. The van der Waals surface area contributed by atoms with Crippen LogP contribution in [0.3, 0.4) is 0 Å². The van der Waals surface area contributed by atoms with Crippen LogP contribution in [-0.4, -0.2) is 29.3 Å². The Morgan fingerprint density at radius 1 is 0.862 bits per heavy atom. The predicted molar refractivity (Wildman–Crippen MR) is 114 cm³/mol. The normalized spacial score (nSPS) is 13.3. The Kier molecular flexibility index (Phi) is 5.02. The number of para-hydroxylation sites is 1. The van der Waals surface area contributed by atoms with E-state index in [0.717, 1.165) is 11.4 Å². The molecule has 0 saturated carbocycles. The van der Waals surface area contributed by atoms with Gasteiger partial charge >= 0.3 is 0 Å². The molecule has 8 heteroatoms. The zero-order valence-corrected chi connectivity index (χ0v) is 17.4. The van der Waals surface area contributed by atoms with Crippen LogP contribution in [-0.2, 0) is 10.0 Å². The van der Waals surface area contributed by atoms with Crippen LogP contribution in [0.25, 0.3) is 0 Å². The standard InChI is InChI=1S/C21H19ClN2O4S/c1-27-20-11-9-17(13-21(20)28-2)29(25,26)24-14-23(16-6-4-3-5-7-16)19-12-15(22)8-10-18(19)24/h3-13H,14H2,1-2H3. The van der Waals surface area contributed by atoms with Gasteiger partial charge in [0.1, 0.15) is 6.67 Å². The summed E-state index contributed by atoms with van der Waals surface area (Å²) in [4.78, 5) is 2.03. The first kappa shape index (κ1) is 19.4. The summed E-state index contributed by atoms with van der Waals surface area (Å²) in [7, 11) is -0.875. The Morgan fingerprint density at radius 2 is 1.59 bits per heavy atom. The summed E-state index contributed by atoms with van der Waals surface area (Å²) in [6.07, 6.45) is 0. The molecule has 3 aromatic carbocycles. The smallest absolute Gasteiger partial charge is 0.266 e. The highest BCUT2D eigenvalue weighted by Crippen LogP contribution is 2.44. The lowest BCUT2D eigenvalue weighted by atomic mass is 10.2. The van der Waals surface area contributed by atoms with E-state index in [1.54, 1.807) is 24.3 Å². The number of nitrogens with zero attached hydrogens (tertiary/aromatic N) is 2. The van der Waals surface area contributed by atoms with E-state index in [4.69, 9.17) is 21.1 Å². The van der Waals surface area contributed by atoms with Crippen LogP contribution in [0.5, 0.6) is 11.5 Å². The van der Waals surface area contributed by atoms with Gasteiger partial charge in [-0.3, -0.25) is 0 Å². The zero-order valence-electron chi connectivity index (χ0n) is 15.9. The van der Waals surface area contributed by atoms with Crippen molar-refractivity contribution in [3.63, 3.8) is 0 Å². The van der Waals surface area contributed by atoms with Gasteiger partial charge in [-0.15, -0.1) is 0 Å². The minimum atomic E-state index is -3.85. The second-order valence-electron chi connectivity index (χ2n) is 6.41. The molecule has 0 fully saturated rings. The van der Waals surface area contributed by atoms with Gasteiger partial charge in [0.25, 0.3) is 10.0 Å². The van der Waals surface area contributed by atoms with Gasteiger partial charge in [-0.05, 0) is 42.5 Å². The third kappa shape index (κ3) is 3.36. The Balaban J connectivity index is 1.81. The minimum absolute atomic E-state index is 0.117. The van der Waals surface area contributed by atoms with Crippen molar-refractivity contribution in [2.75, 3.05) is 30.1 Å². The van der Waals surface area contributed by atoms with Gasteiger partial charge in [0.15, 0.2) is 11.5 Å². The summed E-state index contributed by atoms with van der Waals surface area (Å²) in [6, 6.07) is 19.3. The lowest BCUT2D eigenvalue weighted by Crippen LogP contribution is -2.33. The average Bonchev–Trinajstić information content (AvgIpc) is 3.13. The van der Waals surface area contributed by atoms with E-state index in [0.29, 0.717) is 22.2 Å². The highest BCUT2D eigenvalue weighted by Gasteiger charge is 2.36. The number of sulfonamides is 1. The van der Waals surface area contributed by atoms with Crippen molar-refractivity contribution < 1.29 is 17.9 Å². The van der Waals surface area contributed by atoms with Gasteiger partial charge in [-0.2, -0.15) is 0 Å². The van der Waals surface area contributed by atoms with Crippen molar-refractivity contribution in [2.45, 2.75) is 4.90 Å². The second-order valence-corrected chi connectivity index (χ2v) is 8.71. The lowest BCUT2D eigenvalue weighted by Gasteiger charge is -2.22. The van der Waals surface area contributed by atoms with Crippen molar-refractivity contribution in [1.29, 1.82) is 0 Å². The molecular weight excluding hydrogens is 412 g/mol. The minimum Gasteiger partial charge on any atom is -0.493 e. The van der Waals surface area contributed by atoms with Crippen LogP contribution in [0, 0.1) is 0 Å². The zero-order chi connectivity index (χ0) is 20.6. The maximum Gasteiger partial charge on any atom is 0.266 e. The fourth-order valence-electron chi connectivity index (χ4n) is 3.34. The van der Waals surface area contributed by atoms with E-state index in [1.165, 1.54) is 30.7 Å². The summed E-state index contributed by atoms with van der Waals surface area (Å²) in [6.45, 7) is 0.135. The van der Waals surface area contributed by atoms with Gasteiger partial charge in [0, 0.05) is 16.8 Å². The molecule has 29 heavy (non-hydrogen) atoms. The molecule has 0 unspecified atom stereocenters. The molecular formula is C21H19ClN2O4S. The second kappa shape index (κ2) is 7.50. The Labute approximate surface area is 174 Å². The molecule has 1 heterocycles. The van der Waals surface area contributed by atoms with Crippen LogP contribution in [0.4, 0.5) is 17.1 Å². The molecule has 150 valence electrons. The molecule has 0 spiro atoms. The highest BCUT2D eigenvalue weighted by molar-refractivity contribution is 7.92. The number of ether oxygens (including phenoxy) is 2. The molecule has 0 amide bonds. The molecule has 0 aliphatic carbocycles. The van der Waals surface area contributed by atoms with E-state index >= 15 is 0 Å². The van der Waals surface area contributed by atoms with Gasteiger partial charge in [0.2, 0.25) is 0 Å². The number of hydrogen-bond acceptors (Lipinski definition) is 5. The largest absolute Gasteiger partial charge is 0.493 e. The Hall–Kier alpha value is -2.90. The van der Waals surface area contributed by atoms with Crippen molar-refractivity contribution in [1.82, 2.24) is 0 Å². The third-order valence-corrected chi connectivity index (χ3v) is 6.75. The van der Waals surface area contributed by atoms with E-state index in [1.807, 2.05) is 35.2 Å². The predicted octanol–water partition coefficient (Wildman–Crippen LogP) is 4.66. The molecule has 4 rings (SSSR count). The highest BCUT2D eigenvalue weighted by atomic mass is 35.5. The van der Waals surface area contributed by atoms with Crippen LogP contribution >= 0.6 is 11.6 Å². The van der Waals surface area contributed by atoms with Gasteiger partial charge in [-0.1, -0.05) is 29.8 Å². The van der Waals surface area contributed by atoms with Gasteiger partial charge in [0.05, 0.1) is 30.5 Å². The van der Waals surface area contributed by atoms with Crippen molar-refractivity contribution >= 4 is 38.7 Å². The summed E-state index contributed by atoms with van der Waals surface area (Å²) < 4.78 is 38.9. The van der Waals surface area contributed by atoms with Crippen LogP contribution in [0.15, 0.2) is 71.6 Å². The van der Waals surface area contributed by atoms with Crippen LogP contribution in [0.2, 0.25) is 5.02 Å². The molecule has 3 aromatic rings. The number of benzene rings is 3. The fourth-order valence-corrected chi connectivity index (χ4v) is 4.94. The van der Waals surface area contributed by atoms with E-state index < -0.39 is 10.0 Å². The van der Waals surface area contributed by atoms with Crippen LogP contribution < -0.4 is 18.7 Å². The van der Waals surface area contributed by atoms with Gasteiger partial charge in [-0.25, -0.2) is 12.7 Å². The van der Waals surface area contributed by atoms with Gasteiger partial charge < -0.3 is 14.4 Å². The monoisotopic (exact) mass is 430 g/mol. The molecule has 0 saturated heterocycles. The van der Waals surface area contributed by atoms with Crippen LogP contribution in [0.1, 0.15) is 0 Å². The van der Waals surface area contributed by atoms with Crippen molar-refractivity contribution in [3.8, 4) is 11.5 Å². The molecule has 6 nitrogen and oxygen atoms in total. The molecule has 1 aliphatic rings. The first-order chi connectivity index (χ1) is 14.0. The Bertz CT molecular complexity index is 1150. The topological polar surface area (TPSA) is 59.1 Å². The summed E-state index contributed by atoms with van der Waals surface area (Å²) in [5.41, 5.74) is 2.17. The molecule has 0 N–H and O–H groups in total. The van der Waals surface area contributed by atoms with Crippen molar-refractivity contribution in [2.24, 2.45) is 0 Å². The number of fused-ring (bicyclic) bond motifs is 1. The van der Waals surface area contributed by atoms with E-state index in [2.05, 4.69) is 0 Å². The van der Waals surface area contributed by atoms with E-state index in [-0.39, 0.29) is 11.6 Å². The number of rotatable bonds is 5. The Morgan fingerprint density at radius 3 is 2.28 bits per heavy atom. The molecule has 0 atom stereocenters. The summed E-state index contributed by atoms with van der Waals surface area (Å²) >= 11 is 6.20.